The topological polar surface area (TPSA) is 158 Å². The second kappa shape index (κ2) is 22.5. The molecule has 0 heterocycles. The molecule has 0 amide bonds. The predicted molar refractivity (Wildman–Crippen MR) is 25.9 cm³/mol. The molecule has 0 radical (unpaired) electrons. The van der Waals surface area contributed by atoms with Gasteiger partial charge in [-0.3, -0.25) is 0 Å². The van der Waals surface area contributed by atoms with Crippen LogP contribution in [0.25, 0.3) is 0 Å². The van der Waals surface area contributed by atoms with Crippen LogP contribution in [0.2, 0.25) is 0 Å². The van der Waals surface area contributed by atoms with E-state index in [-0.39, 0.29) is 81.0 Å². The van der Waals surface area contributed by atoms with Crippen LogP contribution in [-0.4, -0.2) is 93.3 Å². The van der Waals surface area contributed by atoms with E-state index in [0.717, 1.165) is 0 Å². The van der Waals surface area contributed by atoms with Crippen molar-refractivity contribution >= 4 is 87.8 Å². The molecule has 11 heavy (non-hydrogen) atoms. The maximum Gasteiger partial charge on any atom is 2.00 e. The Labute approximate surface area is 121 Å². The minimum absolute atomic E-state index is 0. The van der Waals surface area contributed by atoms with Gasteiger partial charge in [0.1, 0.15) is 0 Å². The third-order valence-electron chi connectivity index (χ3n) is 0. The van der Waals surface area contributed by atoms with Crippen molar-refractivity contribution in [3.8, 4) is 0 Å². The molecule has 0 aromatic heterocycles. The number of carbonyl (C=O) groups is 2. The van der Waals surface area contributed by atoms with E-state index in [1.807, 2.05) is 0 Å². The molecule has 0 saturated heterocycles. The van der Waals surface area contributed by atoms with Crippen molar-refractivity contribution in [1.29, 1.82) is 0 Å². The SMILES string of the molecule is O.O=C([O-])[O-].O=C([O-])[O-].[Ca+2].[Ca+2]. The molecule has 0 aromatic rings. The van der Waals surface area contributed by atoms with Crippen molar-refractivity contribution in [2.24, 2.45) is 0 Å². The zero-order valence-electron chi connectivity index (χ0n) is 5.36. The third kappa shape index (κ3) is 863. The first-order chi connectivity index (χ1) is 3.46. The molecular weight excluding hydrogens is 216 g/mol. The predicted octanol–water partition coefficient (Wildman–Crippen LogP) is -6.48. The van der Waals surface area contributed by atoms with Crippen LogP contribution in [0.1, 0.15) is 0 Å². The van der Waals surface area contributed by atoms with Gasteiger partial charge < -0.3 is 35.5 Å². The summed E-state index contributed by atoms with van der Waals surface area (Å²) in [6.07, 6.45) is -4.67. The van der Waals surface area contributed by atoms with Crippen molar-refractivity contribution in [2.75, 3.05) is 0 Å². The first-order valence-electron chi connectivity index (χ1n) is 1.22. The summed E-state index contributed by atoms with van der Waals surface area (Å²) in [7, 11) is 0. The van der Waals surface area contributed by atoms with Gasteiger partial charge in [0.15, 0.2) is 0 Å². The third-order valence-corrected chi connectivity index (χ3v) is 0. The zero-order chi connectivity index (χ0) is 7.15. The molecule has 0 atom stereocenters. The van der Waals surface area contributed by atoms with Crippen molar-refractivity contribution in [3.05, 3.63) is 0 Å². The summed E-state index contributed by atoms with van der Waals surface area (Å²) in [4.78, 5) is 16.7. The van der Waals surface area contributed by atoms with E-state index in [9.17, 15) is 0 Å². The summed E-state index contributed by atoms with van der Waals surface area (Å²) < 4.78 is 0. The zero-order valence-corrected chi connectivity index (χ0v) is 9.78. The van der Waals surface area contributed by atoms with Gasteiger partial charge in [-0.1, -0.05) is 0 Å². The van der Waals surface area contributed by atoms with Crippen molar-refractivity contribution in [1.82, 2.24) is 0 Å². The minimum atomic E-state index is -2.33. The molecule has 0 aliphatic heterocycles. The van der Waals surface area contributed by atoms with Crippen LogP contribution < -0.4 is 20.4 Å². The van der Waals surface area contributed by atoms with E-state index >= 15 is 0 Å². The average Bonchev–Trinajstić information content (AvgIpc) is 1.25. The quantitative estimate of drug-likeness (QED) is 0.367. The Hall–Kier alpha value is 1.02. The van der Waals surface area contributed by atoms with Crippen LogP contribution in [0.15, 0.2) is 0 Å². The second-order valence-corrected chi connectivity index (χ2v) is 0.500. The fraction of sp³-hybridized carbons (Fsp3) is 0. The summed E-state index contributed by atoms with van der Waals surface area (Å²) in [5.74, 6) is 0. The van der Waals surface area contributed by atoms with Crippen molar-refractivity contribution in [2.45, 2.75) is 0 Å². The fourth-order valence-electron chi connectivity index (χ4n) is 0. The van der Waals surface area contributed by atoms with E-state index in [0.29, 0.717) is 0 Å². The van der Waals surface area contributed by atoms with Crippen LogP contribution in [-0.2, 0) is 0 Å². The molecule has 0 spiro atoms. The fourth-order valence-corrected chi connectivity index (χ4v) is 0. The summed E-state index contributed by atoms with van der Waals surface area (Å²) in [6, 6.07) is 0. The van der Waals surface area contributed by atoms with Gasteiger partial charge >= 0.3 is 75.5 Å². The van der Waals surface area contributed by atoms with Gasteiger partial charge in [0.2, 0.25) is 0 Å². The molecular formula is C2H2Ca2O7. The molecule has 0 aliphatic carbocycles. The monoisotopic (exact) mass is 218 g/mol. The largest absolute Gasteiger partial charge is 2.00 e. The second-order valence-electron chi connectivity index (χ2n) is 0.500. The summed E-state index contributed by atoms with van der Waals surface area (Å²) in [5, 5.41) is 33.3. The van der Waals surface area contributed by atoms with Crippen LogP contribution in [0, 0.1) is 0 Å². The van der Waals surface area contributed by atoms with Crippen molar-refractivity contribution in [3.63, 3.8) is 0 Å². The first kappa shape index (κ1) is 29.6. The number of carboxylic acid groups (broad SMARTS) is 4. The van der Waals surface area contributed by atoms with Gasteiger partial charge in [0.05, 0.1) is 0 Å². The van der Waals surface area contributed by atoms with E-state index in [1.54, 1.807) is 0 Å². The summed E-state index contributed by atoms with van der Waals surface area (Å²) in [5.41, 5.74) is 0. The van der Waals surface area contributed by atoms with E-state index in [4.69, 9.17) is 30.0 Å². The molecule has 0 fully saturated rings. The number of hydrogen-bond donors (Lipinski definition) is 0. The maximum atomic E-state index is 8.33. The Morgan fingerprint density at radius 3 is 0.727 bits per heavy atom. The Balaban J connectivity index is -0.0000000171. The van der Waals surface area contributed by atoms with Gasteiger partial charge in [-0.15, -0.1) is 0 Å². The maximum absolute atomic E-state index is 8.33. The molecule has 0 unspecified atom stereocenters. The molecule has 2 N–H and O–H groups in total. The Morgan fingerprint density at radius 2 is 0.727 bits per heavy atom. The smallest absolute Gasteiger partial charge is 0.652 e. The Kier molecular flexibility index (Phi) is 60.5. The van der Waals surface area contributed by atoms with Crippen LogP contribution in [0.3, 0.4) is 0 Å². The Morgan fingerprint density at radius 1 is 0.727 bits per heavy atom. The van der Waals surface area contributed by atoms with Gasteiger partial charge in [0, 0.05) is 0 Å². The van der Waals surface area contributed by atoms with Gasteiger partial charge in [0.25, 0.3) is 0 Å². The number of rotatable bonds is 0. The molecule has 7 nitrogen and oxygen atoms in total. The van der Waals surface area contributed by atoms with Crippen LogP contribution in [0.5, 0.6) is 0 Å². The van der Waals surface area contributed by atoms with Gasteiger partial charge in [-0.05, 0) is 12.3 Å². The van der Waals surface area contributed by atoms with E-state index < -0.39 is 12.3 Å². The Bertz CT molecular complexity index is 72.4. The minimum Gasteiger partial charge on any atom is -0.652 e. The first-order valence-corrected chi connectivity index (χ1v) is 1.22. The van der Waals surface area contributed by atoms with E-state index in [1.165, 1.54) is 0 Å². The molecule has 0 aromatic carbocycles. The molecule has 0 bridgehead atoms. The number of carbonyl (C=O) groups excluding carboxylic acids is 2. The molecule has 9 heteroatoms. The van der Waals surface area contributed by atoms with Crippen molar-refractivity contribution < 1.29 is 35.5 Å². The average molecular weight is 218 g/mol. The molecule has 0 rings (SSSR count). The molecule has 0 aliphatic rings. The summed E-state index contributed by atoms with van der Waals surface area (Å²) in [6.45, 7) is 0. The standard InChI is InChI=1S/2CH2O3.2Ca.H2O/c2*2-1(3)4;;;/h2*(H2,2,3,4);;;1H2/q;;2*+2;/p-4. The summed E-state index contributed by atoms with van der Waals surface area (Å²) >= 11 is 0. The molecule has 56 valence electrons. The normalized spacial score (nSPS) is 4.36. The van der Waals surface area contributed by atoms with E-state index in [2.05, 4.69) is 0 Å². The van der Waals surface area contributed by atoms with Gasteiger partial charge in [-0.25, -0.2) is 0 Å². The number of hydrogen-bond acceptors (Lipinski definition) is 6. The molecule has 0 saturated carbocycles. The van der Waals surface area contributed by atoms with Crippen LogP contribution >= 0.6 is 0 Å². The van der Waals surface area contributed by atoms with Crippen LogP contribution in [0.4, 0.5) is 9.59 Å². The van der Waals surface area contributed by atoms with Gasteiger partial charge in [-0.2, -0.15) is 0 Å².